The Morgan fingerprint density at radius 3 is 1.50 bits per heavy atom. The zero-order valence-electron chi connectivity index (χ0n) is 26.6. The van der Waals surface area contributed by atoms with Gasteiger partial charge in [-0.15, -0.1) is 10.2 Å². The van der Waals surface area contributed by atoms with Gasteiger partial charge in [0.05, 0.1) is 11.4 Å². The molecule has 0 aliphatic carbocycles. The van der Waals surface area contributed by atoms with E-state index >= 15 is 0 Å². The highest BCUT2D eigenvalue weighted by atomic mass is 35.5. The number of benzene rings is 3. The monoisotopic (exact) mass is 693 g/mol. The minimum Gasteiger partial charge on any atom is -0.338 e. The molecule has 0 amide bonds. The van der Waals surface area contributed by atoms with Crippen LogP contribution < -0.4 is 10.6 Å². The van der Waals surface area contributed by atoms with E-state index in [4.69, 9.17) is 23.2 Å². The Bertz CT molecular complexity index is 2170. The maximum absolute atomic E-state index is 5.95. The third-order valence-electron chi connectivity index (χ3n) is 7.83. The predicted molar refractivity (Wildman–Crippen MR) is 200 cm³/mol. The van der Waals surface area contributed by atoms with E-state index in [1.807, 2.05) is 97.1 Å². The van der Waals surface area contributed by atoms with Crippen LogP contribution in [0, 0.1) is 0 Å². The summed E-state index contributed by atoms with van der Waals surface area (Å²) in [6.45, 7) is 0. The normalized spacial score (nSPS) is 10.8. The number of nitrogens with one attached hydrogen (secondary N) is 2. The summed E-state index contributed by atoms with van der Waals surface area (Å²) in [6, 6.07) is 35.0. The molecule has 5 aromatic heterocycles. The number of hydrogen-bond acceptors (Lipinski definition) is 9. The molecule has 0 unspecified atom stereocenters. The molecule has 5 heterocycles. The van der Waals surface area contributed by atoms with E-state index in [1.54, 1.807) is 31.0 Å². The summed E-state index contributed by atoms with van der Waals surface area (Å²) < 4.78 is 0. The Morgan fingerprint density at radius 2 is 0.920 bits per heavy atom. The lowest BCUT2D eigenvalue weighted by atomic mass is 10.0. The van der Waals surface area contributed by atoms with Crippen molar-refractivity contribution in [2.75, 3.05) is 10.6 Å². The van der Waals surface area contributed by atoms with Crippen LogP contribution in [0.2, 0.25) is 10.0 Å². The number of aromatic nitrogens is 7. The van der Waals surface area contributed by atoms with Crippen LogP contribution >= 0.6 is 23.2 Å². The lowest BCUT2D eigenvalue weighted by Gasteiger charge is -2.11. The van der Waals surface area contributed by atoms with E-state index < -0.39 is 0 Å². The Labute approximate surface area is 298 Å². The van der Waals surface area contributed by atoms with Crippen LogP contribution in [-0.2, 0) is 12.8 Å². The molecule has 0 spiro atoms. The van der Waals surface area contributed by atoms with Gasteiger partial charge in [-0.25, -0.2) is 0 Å². The molecule has 0 bridgehead atoms. The third-order valence-corrected chi connectivity index (χ3v) is 8.34. The topological polar surface area (TPSA) is 114 Å². The van der Waals surface area contributed by atoms with Crippen LogP contribution in [0.1, 0.15) is 22.5 Å². The van der Waals surface area contributed by atoms with Crippen LogP contribution in [0.15, 0.2) is 140 Å². The largest absolute Gasteiger partial charge is 0.338 e. The fourth-order valence-corrected chi connectivity index (χ4v) is 5.62. The molecule has 0 radical (unpaired) electrons. The molecule has 0 fully saturated rings. The quantitative estimate of drug-likeness (QED) is 0.161. The zero-order valence-corrected chi connectivity index (χ0v) is 28.1. The van der Waals surface area contributed by atoms with Crippen LogP contribution in [-0.4, -0.2) is 35.3 Å². The van der Waals surface area contributed by atoms with Crippen molar-refractivity contribution >= 4 is 67.9 Å². The number of pyridine rings is 3. The molecule has 0 aliphatic rings. The number of hydrogen-bond donors (Lipinski definition) is 2. The number of nitrogens with zero attached hydrogens (tertiary/aromatic N) is 7. The average molecular weight is 695 g/mol. The summed E-state index contributed by atoms with van der Waals surface area (Å²) in [5, 5.41) is 28.7. The molecular weight excluding hydrogens is 665 g/mol. The first kappa shape index (κ1) is 32.5. The van der Waals surface area contributed by atoms with Gasteiger partial charge in [-0.2, -0.15) is 10.2 Å². The molecule has 8 rings (SSSR count). The van der Waals surface area contributed by atoms with E-state index in [9.17, 15) is 0 Å². The van der Waals surface area contributed by atoms with Gasteiger partial charge in [0.15, 0.2) is 11.6 Å². The Kier molecular flexibility index (Phi) is 10.1. The first-order valence-electron chi connectivity index (χ1n) is 15.8. The molecule has 11 heteroatoms. The van der Waals surface area contributed by atoms with Gasteiger partial charge >= 0.3 is 0 Å². The Morgan fingerprint density at radius 1 is 0.440 bits per heavy atom. The van der Waals surface area contributed by atoms with E-state index in [0.717, 1.165) is 67.8 Å². The third kappa shape index (κ3) is 7.98. The van der Waals surface area contributed by atoms with Gasteiger partial charge in [-0.1, -0.05) is 47.5 Å². The van der Waals surface area contributed by atoms with E-state index in [-0.39, 0.29) is 0 Å². The molecule has 50 heavy (non-hydrogen) atoms. The lowest BCUT2D eigenvalue weighted by Crippen LogP contribution is -2.03. The van der Waals surface area contributed by atoms with E-state index in [1.165, 1.54) is 0 Å². The number of rotatable bonds is 8. The Hall–Kier alpha value is -6.03. The fraction of sp³-hybridized carbons (Fsp3) is 0.0513. The summed E-state index contributed by atoms with van der Waals surface area (Å²) in [7, 11) is 0. The highest BCUT2D eigenvalue weighted by molar-refractivity contribution is 6.31. The number of fused-ring (bicyclic) bond motifs is 2. The van der Waals surface area contributed by atoms with Crippen molar-refractivity contribution < 1.29 is 0 Å². The van der Waals surface area contributed by atoms with Crippen molar-refractivity contribution in [3.05, 3.63) is 173 Å². The van der Waals surface area contributed by atoms with Crippen molar-refractivity contribution in [1.29, 1.82) is 0 Å². The number of halogens is 2. The van der Waals surface area contributed by atoms with Crippen molar-refractivity contribution in [1.82, 2.24) is 35.3 Å². The molecule has 2 N–H and O–H groups in total. The first-order chi connectivity index (χ1) is 24.6. The second-order valence-electron chi connectivity index (χ2n) is 11.3. The van der Waals surface area contributed by atoms with Gasteiger partial charge in [0.2, 0.25) is 0 Å². The van der Waals surface area contributed by atoms with Crippen LogP contribution in [0.25, 0.3) is 21.7 Å². The summed E-state index contributed by atoms with van der Waals surface area (Å²) in [5.41, 5.74) is 6.72. The fourth-order valence-electron chi connectivity index (χ4n) is 5.36. The SMILES string of the molecule is Clc1ccc(Nc2nnc(Cc3ccncc3)c3ccccc23)cc1.Clc1ccc(Nc2nnc(Cc3ccncc3)c3cccnc23)cc1. The van der Waals surface area contributed by atoms with Gasteiger partial charge in [0.25, 0.3) is 0 Å². The van der Waals surface area contributed by atoms with Crippen molar-refractivity contribution in [3.8, 4) is 0 Å². The smallest absolute Gasteiger partial charge is 0.179 e. The predicted octanol–water partition coefficient (Wildman–Crippen LogP) is 9.42. The van der Waals surface area contributed by atoms with Gasteiger partial charge < -0.3 is 10.6 Å². The second-order valence-corrected chi connectivity index (χ2v) is 12.1. The molecule has 0 atom stereocenters. The maximum atomic E-state index is 5.95. The second kappa shape index (κ2) is 15.5. The summed E-state index contributed by atoms with van der Waals surface area (Å²) in [4.78, 5) is 12.6. The minimum atomic E-state index is 0.622. The van der Waals surface area contributed by atoms with Crippen molar-refractivity contribution in [3.63, 3.8) is 0 Å². The van der Waals surface area contributed by atoms with Gasteiger partial charge in [0.1, 0.15) is 5.52 Å². The Balaban J connectivity index is 0.000000157. The van der Waals surface area contributed by atoms with Gasteiger partial charge in [0, 0.05) is 81.4 Å². The molecule has 9 nitrogen and oxygen atoms in total. The van der Waals surface area contributed by atoms with E-state index in [0.29, 0.717) is 22.3 Å². The first-order valence-corrected chi connectivity index (χ1v) is 16.5. The molecule has 0 aliphatic heterocycles. The molecule has 8 aromatic rings. The average Bonchev–Trinajstić information content (AvgIpc) is 3.16. The van der Waals surface area contributed by atoms with Gasteiger partial charge in [-0.3, -0.25) is 15.0 Å². The van der Waals surface area contributed by atoms with Crippen LogP contribution in [0.3, 0.4) is 0 Å². The van der Waals surface area contributed by atoms with Crippen molar-refractivity contribution in [2.24, 2.45) is 0 Å². The minimum absolute atomic E-state index is 0.622. The zero-order chi connectivity index (χ0) is 34.1. The summed E-state index contributed by atoms with van der Waals surface area (Å²) in [6.07, 6.45) is 10.3. The highest BCUT2D eigenvalue weighted by Crippen LogP contribution is 2.28. The van der Waals surface area contributed by atoms with Crippen LogP contribution in [0.4, 0.5) is 23.0 Å². The number of anilines is 4. The van der Waals surface area contributed by atoms with Crippen LogP contribution in [0.5, 0.6) is 0 Å². The van der Waals surface area contributed by atoms with Crippen molar-refractivity contribution in [2.45, 2.75) is 12.8 Å². The molecule has 244 valence electrons. The molecule has 0 saturated carbocycles. The summed E-state index contributed by atoms with van der Waals surface area (Å²) >= 11 is 11.9. The van der Waals surface area contributed by atoms with Gasteiger partial charge in [-0.05, 0) is 96.1 Å². The molecule has 3 aromatic carbocycles. The standard InChI is InChI=1S/C20H15ClN4.C19H14ClN5/c21-15-5-7-16(8-6-15)23-20-18-4-2-1-3-17(18)19(24-25-20)13-14-9-11-22-12-10-14;20-14-3-5-15(6-4-14)23-19-18-16(2-1-9-22-18)17(24-25-19)12-13-7-10-21-11-8-13/h1-12H,13H2,(H,23,25);1-11H,12H2,(H,23,25). The summed E-state index contributed by atoms with van der Waals surface area (Å²) in [5.74, 6) is 1.35. The molecule has 0 saturated heterocycles. The molecular formula is C39H29Cl2N9. The lowest BCUT2D eigenvalue weighted by molar-refractivity contribution is 0.957. The van der Waals surface area contributed by atoms with E-state index in [2.05, 4.69) is 58.1 Å². The highest BCUT2D eigenvalue weighted by Gasteiger charge is 2.12. The maximum Gasteiger partial charge on any atom is 0.179 e.